The number of likely N-dealkylation sites (N-methyl/N-ethyl adjacent to an activating group) is 1. The van der Waals surface area contributed by atoms with Gasteiger partial charge >= 0.3 is 6.09 Å². The number of hydrogen-bond acceptors (Lipinski definition) is 6. The number of aryl methyl sites for hydroxylation is 1. The zero-order valence-electron chi connectivity index (χ0n) is 17.4. The maximum absolute atomic E-state index is 13.1. The standard InChI is InChI=1S/C20H28N4O3S/c1-12(2)15(23-19(26)27-20(4,5)6)17(25)24(7)18-13(3)22-16(28-18)14-9-8-10-21-11-14/h8-12,15H,1-7H3,(H,23,26). The Morgan fingerprint density at radius 3 is 2.50 bits per heavy atom. The fourth-order valence-corrected chi connectivity index (χ4v) is 3.59. The van der Waals surface area contributed by atoms with Crippen LogP contribution in [0.1, 0.15) is 40.3 Å². The van der Waals surface area contributed by atoms with Crippen LogP contribution in [0.2, 0.25) is 0 Å². The molecule has 0 fully saturated rings. The smallest absolute Gasteiger partial charge is 0.408 e. The number of anilines is 1. The van der Waals surface area contributed by atoms with Crippen molar-refractivity contribution >= 4 is 28.3 Å². The number of thiazole rings is 1. The van der Waals surface area contributed by atoms with Crippen LogP contribution in [0.25, 0.3) is 10.6 Å². The Bertz CT molecular complexity index is 828. The summed E-state index contributed by atoms with van der Waals surface area (Å²) in [5.74, 6) is -0.321. The van der Waals surface area contributed by atoms with Crippen molar-refractivity contribution in [1.82, 2.24) is 15.3 Å². The van der Waals surface area contributed by atoms with E-state index in [2.05, 4.69) is 15.3 Å². The van der Waals surface area contributed by atoms with Crippen LogP contribution in [0.5, 0.6) is 0 Å². The van der Waals surface area contributed by atoms with Crippen LogP contribution in [0.15, 0.2) is 24.5 Å². The average Bonchev–Trinajstić information content (AvgIpc) is 2.99. The van der Waals surface area contributed by atoms with Gasteiger partial charge in [-0.3, -0.25) is 9.78 Å². The fourth-order valence-electron chi connectivity index (χ4n) is 2.57. The van der Waals surface area contributed by atoms with Gasteiger partial charge in [0.05, 0.1) is 5.69 Å². The maximum atomic E-state index is 13.1. The number of pyridine rings is 1. The summed E-state index contributed by atoms with van der Waals surface area (Å²) < 4.78 is 5.30. The number of alkyl carbamates (subject to hydrolysis) is 1. The van der Waals surface area contributed by atoms with Gasteiger partial charge in [-0.05, 0) is 45.7 Å². The second-order valence-electron chi connectivity index (χ2n) is 7.92. The van der Waals surface area contributed by atoms with Gasteiger partial charge in [0, 0.05) is 25.0 Å². The first kappa shape index (κ1) is 21.8. The number of carbonyl (C=O) groups excluding carboxylic acids is 2. The van der Waals surface area contributed by atoms with Crippen molar-refractivity contribution in [3.8, 4) is 10.6 Å². The van der Waals surface area contributed by atoms with Crippen LogP contribution < -0.4 is 10.2 Å². The molecular weight excluding hydrogens is 376 g/mol. The van der Waals surface area contributed by atoms with Gasteiger partial charge in [-0.15, -0.1) is 0 Å². The van der Waals surface area contributed by atoms with E-state index in [1.165, 1.54) is 11.3 Å². The molecule has 2 amide bonds. The highest BCUT2D eigenvalue weighted by atomic mass is 32.1. The van der Waals surface area contributed by atoms with Gasteiger partial charge < -0.3 is 15.0 Å². The summed E-state index contributed by atoms with van der Waals surface area (Å²) in [4.78, 5) is 35.5. The average molecular weight is 405 g/mol. The molecule has 28 heavy (non-hydrogen) atoms. The molecule has 2 heterocycles. The number of carbonyl (C=O) groups is 2. The third-order valence-corrected chi connectivity index (χ3v) is 5.20. The van der Waals surface area contributed by atoms with Crippen molar-refractivity contribution in [1.29, 1.82) is 0 Å². The maximum Gasteiger partial charge on any atom is 0.408 e. The number of nitrogens with zero attached hydrogens (tertiary/aromatic N) is 3. The Morgan fingerprint density at radius 2 is 1.96 bits per heavy atom. The Kier molecular flexibility index (Phi) is 6.77. The number of hydrogen-bond donors (Lipinski definition) is 1. The molecule has 0 bridgehead atoms. The molecule has 0 saturated carbocycles. The van der Waals surface area contributed by atoms with Crippen LogP contribution in [0.3, 0.4) is 0 Å². The second-order valence-corrected chi connectivity index (χ2v) is 8.89. The summed E-state index contributed by atoms with van der Waals surface area (Å²) >= 11 is 1.42. The van der Waals surface area contributed by atoms with E-state index in [0.717, 1.165) is 21.3 Å². The van der Waals surface area contributed by atoms with Crippen LogP contribution in [-0.4, -0.2) is 40.7 Å². The molecule has 1 unspecified atom stereocenters. The fraction of sp³-hybridized carbons (Fsp3) is 0.500. The summed E-state index contributed by atoms with van der Waals surface area (Å²) in [5.41, 5.74) is 1.02. The van der Waals surface area contributed by atoms with Gasteiger partial charge in [-0.2, -0.15) is 0 Å². The van der Waals surface area contributed by atoms with Crippen LogP contribution >= 0.6 is 11.3 Å². The van der Waals surface area contributed by atoms with Crippen molar-refractivity contribution in [3.05, 3.63) is 30.2 Å². The zero-order valence-corrected chi connectivity index (χ0v) is 18.3. The monoisotopic (exact) mass is 404 g/mol. The van der Waals surface area contributed by atoms with Gasteiger partial charge in [-0.25, -0.2) is 9.78 Å². The molecule has 0 saturated heterocycles. The number of amides is 2. The molecule has 0 aliphatic heterocycles. The summed E-state index contributed by atoms with van der Waals surface area (Å²) in [5, 5.41) is 4.23. The van der Waals surface area contributed by atoms with Crippen molar-refractivity contribution in [2.24, 2.45) is 5.92 Å². The third kappa shape index (κ3) is 5.51. The van der Waals surface area contributed by atoms with Crippen LogP contribution in [0.4, 0.5) is 9.80 Å². The third-order valence-electron chi connectivity index (χ3n) is 3.92. The van der Waals surface area contributed by atoms with E-state index in [9.17, 15) is 9.59 Å². The van der Waals surface area contributed by atoms with Crippen molar-refractivity contribution in [2.45, 2.75) is 53.2 Å². The predicted octanol–water partition coefficient (Wildman–Crippen LogP) is 4.03. The van der Waals surface area contributed by atoms with Crippen molar-refractivity contribution in [2.75, 3.05) is 11.9 Å². The second kappa shape index (κ2) is 8.68. The largest absolute Gasteiger partial charge is 0.444 e. The molecule has 2 rings (SSSR count). The quantitative estimate of drug-likeness (QED) is 0.813. The molecule has 2 aromatic heterocycles. The molecular formula is C20H28N4O3S. The van der Waals surface area contributed by atoms with Gasteiger partial charge in [-0.1, -0.05) is 25.2 Å². The molecule has 0 aromatic carbocycles. The van der Waals surface area contributed by atoms with E-state index in [1.54, 1.807) is 45.1 Å². The SMILES string of the molecule is Cc1nc(-c2cccnc2)sc1N(C)C(=O)C(NC(=O)OC(C)(C)C)C(C)C. The molecule has 1 atom stereocenters. The highest BCUT2D eigenvalue weighted by molar-refractivity contribution is 7.19. The molecule has 0 aliphatic rings. The van der Waals surface area contributed by atoms with E-state index < -0.39 is 17.7 Å². The summed E-state index contributed by atoms with van der Waals surface area (Å²) in [7, 11) is 1.70. The molecule has 0 aliphatic carbocycles. The minimum atomic E-state index is -0.705. The van der Waals surface area contributed by atoms with Crippen LogP contribution in [0, 0.1) is 12.8 Å². The highest BCUT2D eigenvalue weighted by Crippen LogP contribution is 2.34. The minimum Gasteiger partial charge on any atom is -0.444 e. The first-order valence-corrected chi connectivity index (χ1v) is 9.96. The highest BCUT2D eigenvalue weighted by Gasteiger charge is 2.31. The number of aromatic nitrogens is 2. The topological polar surface area (TPSA) is 84.4 Å². The van der Waals surface area contributed by atoms with E-state index in [0.29, 0.717) is 0 Å². The molecule has 8 heteroatoms. The number of ether oxygens (including phenoxy) is 1. The Labute approximate surface area is 170 Å². The van der Waals surface area contributed by atoms with Gasteiger partial charge in [0.15, 0.2) is 0 Å². The zero-order chi connectivity index (χ0) is 21.1. The molecule has 2 aromatic rings. The van der Waals surface area contributed by atoms with E-state index in [4.69, 9.17) is 4.74 Å². The lowest BCUT2D eigenvalue weighted by Gasteiger charge is -2.28. The molecule has 0 spiro atoms. The normalized spacial score (nSPS) is 12.6. The van der Waals surface area contributed by atoms with Crippen LogP contribution in [-0.2, 0) is 9.53 Å². The molecule has 152 valence electrons. The van der Waals surface area contributed by atoms with E-state index >= 15 is 0 Å². The summed E-state index contributed by atoms with van der Waals surface area (Å²) in [6.45, 7) is 11.0. The van der Waals surface area contributed by atoms with Crippen molar-refractivity contribution in [3.63, 3.8) is 0 Å². The van der Waals surface area contributed by atoms with Gasteiger partial charge in [0.2, 0.25) is 5.91 Å². The first-order valence-electron chi connectivity index (χ1n) is 9.14. The predicted molar refractivity (Wildman–Crippen MR) is 111 cm³/mol. The Hall–Kier alpha value is -2.48. The lowest BCUT2D eigenvalue weighted by atomic mass is 10.0. The summed E-state index contributed by atoms with van der Waals surface area (Å²) in [6, 6.07) is 3.07. The minimum absolute atomic E-state index is 0.103. The molecule has 7 nitrogen and oxygen atoms in total. The molecule has 1 N–H and O–H groups in total. The lowest BCUT2D eigenvalue weighted by molar-refractivity contribution is -0.121. The summed E-state index contributed by atoms with van der Waals surface area (Å²) in [6.07, 6.45) is 2.84. The first-order chi connectivity index (χ1) is 13.0. The Balaban J connectivity index is 2.21. The van der Waals surface area contributed by atoms with E-state index in [-0.39, 0.29) is 11.8 Å². The molecule has 0 radical (unpaired) electrons. The number of rotatable bonds is 5. The number of nitrogens with one attached hydrogen (secondary N) is 1. The lowest BCUT2D eigenvalue weighted by Crippen LogP contribution is -2.51. The Morgan fingerprint density at radius 1 is 1.29 bits per heavy atom. The van der Waals surface area contributed by atoms with E-state index in [1.807, 2.05) is 32.9 Å². The van der Waals surface area contributed by atoms with Gasteiger partial charge in [0.1, 0.15) is 21.7 Å². The van der Waals surface area contributed by atoms with Gasteiger partial charge in [0.25, 0.3) is 0 Å². The van der Waals surface area contributed by atoms with Crippen molar-refractivity contribution < 1.29 is 14.3 Å².